The lowest BCUT2D eigenvalue weighted by Gasteiger charge is -2.02. The second kappa shape index (κ2) is 5.95. The highest BCUT2D eigenvalue weighted by molar-refractivity contribution is 9.11. The van der Waals surface area contributed by atoms with E-state index in [1.807, 2.05) is 13.8 Å². The molecule has 4 nitrogen and oxygen atoms in total. The molecule has 0 aliphatic rings. The van der Waals surface area contributed by atoms with Gasteiger partial charge in [-0.05, 0) is 40.9 Å². The Morgan fingerprint density at radius 2 is 2.26 bits per heavy atom. The van der Waals surface area contributed by atoms with Gasteiger partial charge in [0.15, 0.2) is 15.9 Å². The monoisotopic (exact) mass is 356 g/mol. The lowest BCUT2D eigenvalue weighted by molar-refractivity contribution is 0.852. The Bertz CT molecular complexity index is 650. The largest absolute Gasteiger partial charge is 0.317 e. The summed E-state index contributed by atoms with van der Waals surface area (Å²) in [5, 5.41) is 8.96. The van der Waals surface area contributed by atoms with E-state index in [1.54, 1.807) is 6.07 Å². The number of hydrogen-bond acceptors (Lipinski definition) is 4. The van der Waals surface area contributed by atoms with E-state index < -0.39 is 6.04 Å². The first-order chi connectivity index (χ1) is 9.06. The van der Waals surface area contributed by atoms with Gasteiger partial charge in [-0.1, -0.05) is 18.5 Å². The Morgan fingerprint density at radius 1 is 1.53 bits per heavy atom. The number of nitrogens with zero attached hydrogens (tertiary/aromatic N) is 4. The molecule has 0 fully saturated rings. The minimum Gasteiger partial charge on any atom is -0.299 e. The van der Waals surface area contributed by atoms with Crippen molar-refractivity contribution in [1.29, 1.82) is 0 Å². The normalized spacial score (nSPS) is 12.2. The van der Waals surface area contributed by atoms with E-state index in [0.717, 1.165) is 26.5 Å². The summed E-state index contributed by atoms with van der Waals surface area (Å²) in [5.74, 6) is 0. The Hall–Kier alpha value is -1.03. The molecule has 0 amide bonds. The molecule has 2 aromatic rings. The van der Waals surface area contributed by atoms with Crippen LogP contribution in [0.5, 0.6) is 0 Å². The van der Waals surface area contributed by atoms with Crippen LogP contribution >= 0.6 is 38.9 Å². The molecule has 1 unspecified atom stereocenters. The van der Waals surface area contributed by atoms with Gasteiger partial charge >= 0.3 is 6.04 Å². The third-order valence-corrected chi connectivity index (χ3v) is 4.84. The van der Waals surface area contributed by atoms with E-state index in [-0.39, 0.29) is 0 Å². The fourth-order valence-corrected chi connectivity index (χ4v) is 3.45. The number of aromatic nitrogens is 3. The summed E-state index contributed by atoms with van der Waals surface area (Å²) in [6, 6.07) is 1.27. The summed E-state index contributed by atoms with van der Waals surface area (Å²) < 4.78 is 0.970. The molecule has 0 radical (unpaired) electrons. The van der Waals surface area contributed by atoms with Gasteiger partial charge in [0, 0.05) is 0 Å². The fourth-order valence-electron chi connectivity index (χ4n) is 1.56. The Balaban J connectivity index is 2.44. The zero-order valence-electron chi connectivity index (χ0n) is 10.3. The molecule has 0 spiro atoms. The summed E-state index contributed by atoms with van der Waals surface area (Å²) in [6.07, 6.45) is 0.827. The molecule has 1 atom stereocenters. The predicted molar refractivity (Wildman–Crippen MR) is 79.4 cm³/mol. The average Bonchev–Trinajstić information content (AvgIpc) is 2.75. The van der Waals surface area contributed by atoms with Crippen molar-refractivity contribution in [2.75, 3.05) is 0 Å². The van der Waals surface area contributed by atoms with Gasteiger partial charge < -0.3 is 0 Å². The first kappa shape index (κ1) is 14.4. The first-order valence-corrected chi connectivity index (χ1v) is 7.57. The average molecular weight is 358 g/mol. The smallest absolute Gasteiger partial charge is 0.299 e. The highest BCUT2D eigenvalue weighted by atomic mass is 79.9. The molecule has 0 N–H and O–H groups in total. The molecule has 0 aliphatic heterocycles. The lowest BCUT2D eigenvalue weighted by Crippen LogP contribution is -2.02. The maximum atomic E-state index is 7.37. The van der Waals surface area contributed by atoms with Crippen molar-refractivity contribution in [3.8, 4) is 0 Å². The molecule has 0 saturated heterocycles. The van der Waals surface area contributed by atoms with Gasteiger partial charge in [0.05, 0.1) is 9.48 Å². The number of hydrogen-bond donors (Lipinski definition) is 0. The molecule has 7 heteroatoms. The molecule has 19 heavy (non-hydrogen) atoms. The molecule has 2 heterocycles. The standard InChI is InChI=1S/C12H10BrClN4S/c1-4-7-10(13)19-12(16-7)9(15-3)8-5-6(2)11(14)18-17-8/h5,9H,4H2,1-2H3. The molecular formula is C12H10BrClN4S. The van der Waals surface area contributed by atoms with Gasteiger partial charge in [-0.3, -0.25) is 4.85 Å². The van der Waals surface area contributed by atoms with Crippen LogP contribution in [0.4, 0.5) is 0 Å². The third-order valence-electron chi connectivity index (χ3n) is 2.59. The Labute approximate surface area is 128 Å². The predicted octanol–water partition coefficient (Wildman–Crippen LogP) is 4.23. The summed E-state index contributed by atoms with van der Waals surface area (Å²) in [4.78, 5) is 8.10. The summed E-state index contributed by atoms with van der Waals surface area (Å²) >= 11 is 10.8. The highest BCUT2D eigenvalue weighted by Gasteiger charge is 2.26. The van der Waals surface area contributed by atoms with E-state index in [0.29, 0.717) is 10.8 Å². The van der Waals surface area contributed by atoms with Crippen LogP contribution in [0.15, 0.2) is 9.85 Å². The van der Waals surface area contributed by atoms with Crippen molar-refractivity contribution in [3.05, 3.63) is 48.4 Å². The fraction of sp³-hybridized carbons (Fsp3) is 0.333. The summed E-state index contributed by atoms with van der Waals surface area (Å²) in [7, 11) is 0. The van der Waals surface area contributed by atoms with Crippen LogP contribution in [0.25, 0.3) is 4.85 Å². The van der Waals surface area contributed by atoms with E-state index in [2.05, 4.69) is 36.0 Å². The van der Waals surface area contributed by atoms with Gasteiger partial charge in [-0.15, -0.1) is 21.5 Å². The minimum absolute atomic E-state index is 0.363. The van der Waals surface area contributed by atoms with Crippen LogP contribution in [0.1, 0.15) is 34.9 Å². The Kier molecular flexibility index (Phi) is 4.50. The van der Waals surface area contributed by atoms with Crippen molar-refractivity contribution >= 4 is 38.9 Å². The summed E-state index contributed by atoms with van der Waals surface area (Å²) in [5.41, 5.74) is 2.36. The van der Waals surface area contributed by atoms with Crippen LogP contribution < -0.4 is 0 Å². The first-order valence-electron chi connectivity index (χ1n) is 5.58. The number of halogens is 2. The van der Waals surface area contributed by atoms with Gasteiger partial charge in [0.25, 0.3) is 0 Å². The van der Waals surface area contributed by atoms with Crippen molar-refractivity contribution in [3.63, 3.8) is 0 Å². The van der Waals surface area contributed by atoms with E-state index in [9.17, 15) is 0 Å². The molecule has 0 aliphatic carbocycles. The van der Waals surface area contributed by atoms with Gasteiger partial charge in [0.1, 0.15) is 0 Å². The maximum absolute atomic E-state index is 7.37. The topological polar surface area (TPSA) is 43.0 Å². The van der Waals surface area contributed by atoms with Gasteiger partial charge in [-0.2, -0.15) is 0 Å². The Morgan fingerprint density at radius 3 is 2.79 bits per heavy atom. The number of aryl methyl sites for hydroxylation is 2. The van der Waals surface area contributed by atoms with Gasteiger partial charge in [-0.25, -0.2) is 11.6 Å². The quantitative estimate of drug-likeness (QED) is 0.772. The van der Waals surface area contributed by atoms with Crippen molar-refractivity contribution < 1.29 is 0 Å². The minimum atomic E-state index is -0.523. The highest BCUT2D eigenvalue weighted by Crippen LogP contribution is 2.34. The zero-order chi connectivity index (χ0) is 14.0. The molecule has 0 aromatic carbocycles. The second-order valence-electron chi connectivity index (χ2n) is 3.90. The van der Waals surface area contributed by atoms with Crippen LogP contribution in [-0.2, 0) is 6.42 Å². The molecule has 98 valence electrons. The molecular weight excluding hydrogens is 348 g/mol. The molecule has 2 rings (SSSR count). The number of rotatable bonds is 3. The lowest BCUT2D eigenvalue weighted by atomic mass is 10.2. The maximum Gasteiger partial charge on any atom is 0.317 e. The SMILES string of the molecule is [C-]#[N+]C(c1cc(C)c(Cl)nn1)c1nc(CC)c(Br)s1. The van der Waals surface area contributed by atoms with Crippen LogP contribution in [0, 0.1) is 13.5 Å². The number of thiazole rings is 1. The zero-order valence-corrected chi connectivity index (χ0v) is 13.5. The van der Waals surface area contributed by atoms with Crippen molar-refractivity contribution in [2.24, 2.45) is 0 Å². The molecule has 2 aromatic heterocycles. The van der Waals surface area contributed by atoms with Crippen LogP contribution in [-0.4, -0.2) is 15.2 Å². The van der Waals surface area contributed by atoms with E-state index in [4.69, 9.17) is 18.2 Å². The van der Waals surface area contributed by atoms with E-state index in [1.165, 1.54) is 11.3 Å². The third kappa shape index (κ3) is 2.94. The molecule has 0 bridgehead atoms. The van der Waals surface area contributed by atoms with Crippen molar-refractivity contribution in [1.82, 2.24) is 15.2 Å². The second-order valence-corrected chi connectivity index (χ2v) is 6.61. The van der Waals surface area contributed by atoms with E-state index >= 15 is 0 Å². The van der Waals surface area contributed by atoms with Crippen LogP contribution in [0.2, 0.25) is 5.15 Å². The van der Waals surface area contributed by atoms with Crippen LogP contribution in [0.3, 0.4) is 0 Å². The van der Waals surface area contributed by atoms with Gasteiger partial charge in [0.2, 0.25) is 0 Å². The van der Waals surface area contributed by atoms with Crippen molar-refractivity contribution in [2.45, 2.75) is 26.3 Å². The molecule has 0 saturated carbocycles. The summed E-state index contributed by atoms with van der Waals surface area (Å²) in [6.45, 7) is 11.2.